The molecular formula is C14H18N2O. The summed E-state index contributed by atoms with van der Waals surface area (Å²) < 4.78 is 0. The SMILES string of the molecule is O=C(NC1CC1)c1cccc(N2CCCC2)c1. The summed E-state index contributed by atoms with van der Waals surface area (Å²) in [5, 5.41) is 3.03. The van der Waals surface area contributed by atoms with Crippen molar-refractivity contribution in [1.82, 2.24) is 5.32 Å². The first-order valence-corrected chi connectivity index (χ1v) is 6.49. The van der Waals surface area contributed by atoms with E-state index >= 15 is 0 Å². The highest BCUT2D eigenvalue weighted by atomic mass is 16.1. The van der Waals surface area contributed by atoms with Crippen LogP contribution >= 0.6 is 0 Å². The summed E-state index contributed by atoms with van der Waals surface area (Å²) in [5.74, 6) is 0.0774. The summed E-state index contributed by atoms with van der Waals surface area (Å²) in [6.45, 7) is 2.24. The number of benzene rings is 1. The zero-order chi connectivity index (χ0) is 11.7. The summed E-state index contributed by atoms with van der Waals surface area (Å²) in [4.78, 5) is 14.3. The Morgan fingerprint density at radius 2 is 2.00 bits per heavy atom. The second kappa shape index (κ2) is 4.40. The van der Waals surface area contributed by atoms with Crippen LogP contribution in [-0.2, 0) is 0 Å². The van der Waals surface area contributed by atoms with E-state index in [2.05, 4.69) is 16.3 Å². The average molecular weight is 230 g/mol. The Balaban J connectivity index is 1.75. The zero-order valence-electron chi connectivity index (χ0n) is 9.98. The third-order valence-corrected chi connectivity index (χ3v) is 3.49. The molecular weight excluding hydrogens is 212 g/mol. The molecule has 90 valence electrons. The molecule has 17 heavy (non-hydrogen) atoms. The van der Waals surface area contributed by atoms with Crippen LogP contribution in [0, 0.1) is 0 Å². The third-order valence-electron chi connectivity index (χ3n) is 3.49. The van der Waals surface area contributed by atoms with Crippen LogP contribution in [0.3, 0.4) is 0 Å². The second-order valence-corrected chi connectivity index (χ2v) is 4.99. The lowest BCUT2D eigenvalue weighted by Crippen LogP contribution is -2.26. The van der Waals surface area contributed by atoms with Crippen LogP contribution in [0.15, 0.2) is 24.3 Å². The highest BCUT2D eigenvalue weighted by Gasteiger charge is 2.24. The molecule has 0 bridgehead atoms. The highest BCUT2D eigenvalue weighted by Crippen LogP contribution is 2.22. The summed E-state index contributed by atoms with van der Waals surface area (Å²) in [6, 6.07) is 8.42. The van der Waals surface area contributed by atoms with Crippen LogP contribution in [0.5, 0.6) is 0 Å². The molecule has 1 aliphatic carbocycles. The van der Waals surface area contributed by atoms with E-state index in [-0.39, 0.29) is 5.91 Å². The van der Waals surface area contributed by atoms with E-state index in [1.54, 1.807) is 0 Å². The lowest BCUT2D eigenvalue weighted by Gasteiger charge is -2.18. The smallest absolute Gasteiger partial charge is 0.251 e. The van der Waals surface area contributed by atoms with Gasteiger partial charge < -0.3 is 10.2 Å². The monoisotopic (exact) mass is 230 g/mol. The summed E-state index contributed by atoms with van der Waals surface area (Å²) in [5.41, 5.74) is 1.98. The molecule has 0 spiro atoms. The molecule has 1 saturated carbocycles. The molecule has 2 aliphatic rings. The Bertz CT molecular complexity index is 420. The fourth-order valence-corrected chi connectivity index (χ4v) is 2.32. The molecule has 1 amide bonds. The van der Waals surface area contributed by atoms with Crippen molar-refractivity contribution in [3.8, 4) is 0 Å². The fourth-order valence-electron chi connectivity index (χ4n) is 2.32. The van der Waals surface area contributed by atoms with Gasteiger partial charge in [0.15, 0.2) is 0 Å². The van der Waals surface area contributed by atoms with E-state index in [0.29, 0.717) is 6.04 Å². The molecule has 1 saturated heterocycles. The normalized spacial score (nSPS) is 19.4. The van der Waals surface area contributed by atoms with Crippen molar-refractivity contribution in [2.75, 3.05) is 18.0 Å². The minimum atomic E-state index is 0.0774. The minimum absolute atomic E-state index is 0.0774. The second-order valence-electron chi connectivity index (χ2n) is 4.99. The molecule has 3 nitrogen and oxygen atoms in total. The van der Waals surface area contributed by atoms with Crippen molar-refractivity contribution in [2.24, 2.45) is 0 Å². The van der Waals surface area contributed by atoms with E-state index in [4.69, 9.17) is 0 Å². The predicted molar refractivity (Wildman–Crippen MR) is 68.4 cm³/mol. The average Bonchev–Trinajstić information content (AvgIpc) is 3.00. The number of carbonyl (C=O) groups is 1. The lowest BCUT2D eigenvalue weighted by molar-refractivity contribution is 0.0951. The van der Waals surface area contributed by atoms with Crippen molar-refractivity contribution >= 4 is 11.6 Å². The van der Waals surface area contributed by atoms with Gasteiger partial charge in [-0.1, -0.05) is 6.07 Å². The maximum atomic E-state index is 11.9. The number of nitrogens with one attached hydrogen (secondary N) is 1. The predicted octanol–water partition coefficient (Wildman–Crippen LogP) is 2.18. The molecule has 1 heterocycles. The van der Waals surface area contributed by atoms with Crippen molar-refractivity contribution in [3.63, 3.8) is 0 Å². The molecule has 0 radical (unpaired) electrons. The topological polar surface area (TPSA) is 32.3 Å². The van der Waals surface area contributed by atoms with E-state index in [1.807, 2.05) is 18.2 Å². The molecule has 1 aliphatic heterocycles. The minimum Gasteiger partial charge on any atom is -0.372 e. The molecule has 2 fully saturated rings. The van der Waals surface area contributed by atoms with Gasteiger partial charge >= 0.3 is 0 Å². The number of nitrogens with zero attached hydrogens (tertiary/aromatic N) is 1. The fraction of sp³-hybridized carbons (Fsp3) is 0.500. The highest BCUT2D eigenvalue weighted by molar-refractivity contribution is 5.95. The van der Waals surface area contributed by atoms with Gasteiger partial charge in [0.1, 0.15) is 0 Å². The van der Waals surface area contributed by atoms with Crippen molar-refractivity contribution in [2.45, 2.75) is 31.7 Å². The Labute approximate surface area is 102 Å². The van der Waals surface area contributed by atoms with Crippen LogP contribution in [0.25, 0.3) is 0 Å². The van der Waals surface area contributed by atoms with Gasteiger partial charge in [-0.15, -0.1) is 0 Å². The van der Waals surface area contributed by atoms with Crippen LogP contribution in [-0.4, -0.2) is 25.0 Å². The Morgan fingerprint density at radius 3 is 2.71 bits per heavy atom. The molecule has 3 rings (SSSR count). The first-order chi connectivity index (χ1) is 8.33. The summed E-state index contributed by atoms with van der Waals surface area (Å²) in [6.07, 6.45) is 4.80. The Hall–Kier alpha value is -1.51. The maximum Gasteiger partial charge on any atom is 0.251 e. The largest absolute Gasteiger partial charge is 0.372 e. The van der Waals surface area contributed by atoms with Crippen LogP contribution in [0.1, 0.15) is 36.0 Å². The van der Waals surface area contributed by atoms with Gasteiger partial charge in [0.2, 0.25) is 0 Å². The van der Waals surface area contributed by atoms with Gasteiger partial charge in [0.05, 0.1) is 0 Å². The standard InChI is InChI=1S/C14H18N2O/c17-14(15-12-6-7-12)11-4-3-5-13(10-11)16-8-1-2-9-16/h3-5,10,12H,1-2,6-9H2,(H,15,17). The number of rotatable bonds is 3. The molecule has 0 atom stereocenters. The summed E-state index contributed by atoms with van der Waals surface area (Å²) in [7, 11) is 0. The first kappa shape index (κ1) is 10.6. The van der Waals surface area contributed by atoms with Gasteiger partial charge in [-0.2, -0.15) is 0 Å². The van der Waals surface area contributed by atoms with E-state index in [9.17, 15) is 4.79 Å². The van der Waals surface area contributed by atoms with Crippen LogP contribution in [0.4, 0.5) is 5.69 Å². The van der Waals surface area contributed by atoms with E-state index in [0.717, 1.165) is 31.5 Å². The number of carbonyl (C=O) groups excluding carboxylic acids is 1. The lowest BCUT2D eigenvalue weighted by atomic mass is 10.1. The third kappa shape index (κ3) is 2.43. The van der Waals surface area contributed by atoms with Gasteiger partial charge in [-0.3, -0.25) is 4.79 Å². The maximum absolute atomic E-state index is 11.9. The first-order valence-electron chi connectivity index (χ1n) is 6.49. The zero-order valence-corrected chi connectivity index (χ0v) is 9.98. The van der Waals surface area contributed by atoms with E-state index < -0.39 is 0 Å². The van der Waals surface area contributed by atoms with Crippen LogP contribution < -0.4 is 10.2 Å². The van der Waals surface area contributed by atoms with Gasteiger partial charge in [0, 0.05) is 30.4 Å². The number of amides is 1. The Morgan fingerprint density at radius 1 is 1.24 bits per heavy atom. The molecule has 0 aromatic heterocycles. The van der Waals surface area contributed by atoms with Gasteiger partial charge in [-0.25, -0.2) is 0 Å². The molecule has 1 aromatic carbocycles. The van der Waals surface area contributed by atoms with Crippen molar-refractivity contribution in [1.29, 1.82) is 0 Å². The number of anilines is 1. The van der Waals surface area contributed by atoms with Crippen LogP contribution in [0.2, 0.25) is 0 Å². The van der Waals surface area contributed by atoms with Crippen molar-refractivity contribution < 1.29 is 4.79 Å². The molecule has 1 N–H and O–H groups in total. The quantitative estimate of drug-likeness (QED) is 0.863. The number of hydrogen-bond donors (Lipinski definition) is 1. The molecule has 0 unspecified atom stereocenters. The van der Waals surface area contributed by atoms with Crippen molar-refractivity contribution in [3.05, 3.63) is 29.8 Å². The Kier molecular flexibility index (Phi) is 2.75. The molecule has 1 aromatic rings. The van der Waals surface area contributed by atoms with Gasteiger partial charge in [0.25, 0.3) is 5.91 Å². The van der Waals surface area contributed by atoms with E-state index in [1.165, 1.54) is 18.5 Å². The summed E-state index contributed by atoms with van der Waals surface area (Å²) >= 11 is 0. The number of hydrogen-bond acceptors (Lipinski definition) is 2. The van der Waals surface area contributed by atoms with Gasteiger partial charge in [-0.05, 0) is 43.9 Å². The molecule has 3 heteroatoms.